The first-order chi connectivity index (χ1) is 7.72. The highest BCUT2D eigenvalue weighted by Crippen LogP contribution is 2.37. The van der Waals surface area contributed by atoms with E-state index < -0.39 is 0 Å². The van der Waals surface area contributed by atoms with Gasteiger partial charge in [0.25, 0.3) is 0 Å². The number of hydrogen-bond donors (Lipinski definition) is 0. The van der Waals surface area contributed by atoms with Crippen molar-refractivity contribution in [3.63, 3.8) is 0 Å². The van der Waals surface area contributed by atoms with E-state index in [-0.39, 0.29) is 0 Å². The molecule has 6 heteroatoms. The van der Waals surface area contributed by atoms with Crippen molar-refractivity contribution < 1.29 is 9.47 Å². The molecule has 1 unspecified atom stereocenters. The molecule has 0 N–H and O–H groups in total. The van der Waals surface area contributed by atoms with Gasteiger partial charge in [-0.15, -0.1) is 4.98 Å². The largest absolute Gasteiger partial charge is 0.467 e. The van der Waals surface area contributed by atoms with Crippen molar-refractivity contribution in [2.45, 2.75) is 24.1 Å². The summed E-state index contributed by atoms with van der Waals surface area (Å²) in [5.74, 6) is 1.46. The summed E-state index contributed by atoms with van der Waals surface area (Å²) in [5, 5.41) is 0. The van der Waals surface area contributed by atoms with E-state index in [1.54, 1.807) is 0 Å². The van der Waals surface area contributed by atoms with E-state index in [1.165, 1.54) is 27.1 Å². The van der Waals surface area contributed by atoms with Crippen molar-refractivity contribution in [2.24, 2.45) is 5.92 Å². The Labute approximate surface area is 103 Å². The number of ether oxygens (including phenoxy) is 2. The van der Waals surface area contributed by atoms with Crippen LogP contribution in [0.15, 0.2) is 0 Å². The zero-order valence-corrected chi connectivity index (χ0v) is 10.9. The normalized spacial score (nSPS) is 16.9. The highest BCUT2D eigenvalue weighted by atomic mass is 79.9. The van der Waals surface area contributed by atoms with E-state index in [2.05, 4.69) is 30.9 Å². The Bertz CT molecular complexity index is 349. The maximum Gasteiger partial charge on any atom is 0.322 e. The average Bonchev–Trinajstić information content (AvgIpc) is 3.12. The summed E-state index contributed by atoms with van der Waals surface area (Å²) in [5.41, 5.74) is 0. The van der Waals surface area contributed by atoms with E-state index in [9.17, 15) is 0 Å². The quantitative estimate of drug-likeness (QED) is 0.770. The Kier molecular flexibility index (Phi) is 3.58. The minimum atomic E-state index is 0.303. The molecule has 0 saturated heterocycles. The predicted octanol–water partition coefficient (Wildman–Crippen LogP) is 1.60. The van der Waals surface area contributed by atoms with Crippen molar-refractivity contribution in [3.8, 4) is 12.0 Å². The van der Waals surface area contributed by atoms with Crippen LogP contribution in [-0.4, -0.2) is 34.0 Å². The van der Waals surface area contributed by atoms with Gasteiger partial charge in [-0.1, -0.05) is 15.9 Å². The Balaban J connectivity index is 2.11. The summed E-state index contributed by atoms with van der Waals surface area (Å²) in [7, 11) is 3.07. The molecule has 0 radical (unpaired) electrons. The van der Waals surface area contributed by atoms with Gasteiger partial charge in [-0.25, -0.2) is 0 Å². The van der Waals surface area contributed by atoms with Crippen LogP contribution in [0.1, 0.15) is 18.7 Å². The molecule has 0 spiro atoms. The van der Waals surface area contributed by atoms with Crippen LogP contribution < -0.4 is 9.47 Å². The molecule has 1 aliphatic rings. The lowest BCUT2D eigenvalue weighted by Gasteiger charge is -2.08. The number of nitrogens with zero attached hydrogens (tertiary/aromatic N) is 3. The molecule has 0 aliphatic heterocycles. The van der Waals surface area contributed by atoms with Gasteiger partial charge in [0, 0.05) is 11.2 Å². The van der Waals surface area contributed by atoms with Crippen LogP contribution in [0.25, 0.3) is 0 Å². The summed E-state index contributed by atoms with van der Waals surface area (Å²) in [6.45, 7) is 0. The summed E-state index contributed by atoms with van der Waals surface area (Å²) >= 11 is 3.65. The Morgan fingerprint density at radius 1 is 1.19 bits per heavy atom. The molecule has 1 aliphatic carbocycles. The van der Waals surface area contributed by atoms with Crippen LogP contribution in [0.4, 0.5) is 0 Å². The number of alkyl halides is 1. The molecular formula is C10H14BrN3O2. The molecule has 1 fully saturated rings. The highest BCUT2D eigenvalue weighted by molar-refractivity contribution is 9.09. The monoisotopic (exact) mass is 287 g/mol. The standard InChI is InChI=1S/C10H14BrN3O2/c1-15-9-12-8(13-10(14-9)16-2)5-7(11)6-3-4-6/h6-7H,3-5H2,1-2H3. The fraction of sp³-hybridized carbons (Fsp3) is 0.700. The van der Waals surface area contributed by atoms with Crippen molar-refractivity contribution in [2.75, 3.05) is 14.2 Å². The SMILES string of the molecule is COc1nc(CC(Br)C2CC2)nc(OC)n1. The van der Waals surface area contributed by atoms with Gasteiger partial charge in [-0.3, -0.25) is 0 Å². The molecule has 2 rings (SSSR count). The number of aromatic nitrogens is 3. The first kappa shape index (κ1) is 11.6. The number of methoxy groups -OCH3 is 2. The number of rotatable bonds is 5. The molecule has 1 atom stereocenters. The molecule has 1 aromatic rings. The smallest absolute Gasteiger partial charge is 0.322 e. The second kappa shape index (κ2) is 4.95. The maximum absolute atomic E-state index is 5.00. The van der Waals surface area contributed by atoms with E-state index in [0.717, 1.165) is 12.3 Å². The third-order valence-electron chi connectivity index (χ3n) is 2.52. The molecule has 1 saturated carbocycles. The van der Waals surface area contributed by atoms with Gasteiger partial charge in [-0.2, -0.15) is 9.97 Å². The zero-order valence-electron chi connectivity index (χ0n) is 9.31. The molecular weight excluding hydrogens is 274 g/mol. The molecule has 0 amide bonds. The van der Waals surface area contributed by atoms with Crippen molar-refractivity contribution in [3.05, 3.63) is 5.82 Å². The van der Waals surface area contributed by atoms with Gasteiger partial charge >= 0.3 is 12.0 Å². The average molecular weight is 288 g/mol. The summed E-state index contributed by atoms with van der Waals surface area (Å²) in [6.07, 6.45) is 3.35. The van der Waals surface area contributed by atoms with Crippen molar-refractivity contribution >= 4 is 15.9 Å². The van der Waals surface area contributed by atoms with Crippen LogP contribution >= 0.6 is 15.9 Å². The second-order valence-corrected chi connectivity index (χ2v) is 4.96. The minimum Gasteiger partial charge on any atom is -0.467 e. The molecule has 88 valence electrons. The molecule has 0 aromatic carbocycles. The van der Waals surface area contributed by atoms with Crippen LogP contribution in [0.3, 0.4) is 0 Å². The topological polar surface area (TPSA) is 57.1 Å². The minimum absolute atomic E-state index is 0.303. The van der Waals surface area contributed by atoms with Crippen molar-refractivity contribution in [1.82, 2.24) is 15.0 Å². The molecule has 16 heavy (non-hydrogen) atoms. The molecule has 1 aromatic heterocycles. The van der Waals surface area contributed by atoms with E-state index >= 15 is 0 Å². The van der Waals surface area contributed by atoms with E-state index in [1.807, 2.05) is 0 Å². The van der Waals surface area contributed by atoms with Gasteiger partial charge in [-0.05, 0) is 18.8 Å². The lowest BCUT2D eigenvalue weighted by molar-refractivity contribution is 0.336. The molecule has 1 heterocycles. The fourth-order valence-corrected chi connectivity index (χ4v) is 2.27. The third kappa shape index (κ3) is 2.81. The van der Waals surface area contributed by atoms with E-state index in [4.69, 9.17) is 9.47 Å². The Morgan fingerprint density at radius 2 is 1.75 bits per heavy atom. The zero-order chi connectivity index (χ0) is 11.5. The summed E-state index contributed by atoms with van der Waals surface area (Å²) in [6, 6.07) is 0.606. The number of hydrogen-bond acceptors (Lipinski definition) is 5. The first-order valence-electron chi connectivity index (χ1n) is 5.20. The highest BCUT2D eigenvalue weighted by Gasteiger charge is 2.30. The predicted molar refractivity (Wildman–Crippen MR) is 62.1 cm³/mol. The fourth-order valence-electron chi connectivity index (χ4n) is 1.45. The maximum atomic E-state index is 5.00. The number of halogens is 1. The van der Waals surface area contributed by atoms with Gasteiger partial charge in [0.2, 0.25) is 0 Å². The third-order valence-corrected chi connectivity index (χ3v) is 3.59. The van der Waals surface area contributed by atoms with E-state index in [0.29, 0.717) is 22.7 Å². The lowest BCUT2D eigenvalue weighted by Crippen LogP contribution is -2.10. The first-order valence-corrected chi connectivity index (χ1v) is 6.11. The van der Waals surface area contributed by atoms with Crippen LogP contribution in [0.5, 0.6) is 12.0 Å². The summed E-state index contributed by atoms with van der Waals surface area (Å²) < 4.78 is 9.99. The van der Waals surface area contributed by atoms with Gasteiger partial charge < -0.3 is 9.47 Å². The lowest BCUT2D eigenvalue weighted by atomic mass is 10.2. The second-order valence-electron chi connectivity index (χ2n) is 3.78. The van der Waals surface area contributed by atoms with Gasteiger partial charge in [0.15, 0.2) is 0 Å². The van der Waals surface area contributed by atoms with Crippen LogP contribution in [0, 0.1) is 5.92 Å². The molecule has 5 nitrogen and oxygen atoms in total. The Morgan fingerprint density at radius 3 is 2.19 bits per heavy atom. The van der Waals surface area contributed by atoms with Gasteiger partial charge in [0.1, 0.15) is 5.82 Å². The molecule has 0 bridgehead atoms. The summed E-state index contributed by atoms with van der Waals surface area (Å²) in [4.78, 5) is 12.8. The van der Waals surface area contributed by atoms with Crippen molar-refractivity contribution in [1.29, 1.82) is 0 Å². The Hall–Kier alpha value is -0.910. The van der Waals surface area contributed by atoms with Crippen LogP contribution in [-0.2, 0) is 6.42 Å². The van der Waals surface area contributed by atoms with Crippen LogP contribution in [0.2, 0.25) is 0 Å². The van der Waals surface area contributed by atoms with Gasteiger partial charge in [0.05, 0.1) is 14.2 Å².